The summed E-state index contributed by atoms with van der Waals surface area (Å²) in [5.41, 5.74) is 3.75. The SMILES string of the molecule is Cc1ccc(N2C(=O)C3C4c5ccccc5C(C#N)(c5ccccc54)C3C2=O)cc1Cl. The quantitative estimate of drug-likeness (QED) is 0.531. The van der Waals surface area contributed by atoms with Crippen LogP contribution in [0.15, 0.2) is 66.7 Å². The van der Waals surface area contributed by atoms with Gasteiger partial charge in [0.05, 0.1) is 23.6 Å². The lowest BCUT2D eigenvalue weighted by molar-refractivity contribution is -0.122. The Balaban J connectivity index is 1.64. The number of carbonyl (C=O) groups excluding carboxylic acids is 2. The number of hydrogen-bond donors (Lipinski definition) is 0. The van der Waals surface area contributed by atoms with E-state index in [0.717, 1.165) is 27.8 Å². The van der Waals surface area contributed by atoms with Crippen LogP contribution in [0.4, 0.5) is 5.69 Å². The lowest BCUT2D eigenvalue weighted by Crippen LogP contribution is -2.52. The third-order valence-electron chi connectivity index (χ3n) is 7.21. The van der Waals surface area contributed by atoms with Gasteiger partial charge in [0.15, 0.2) is 0 Å². The summed E-state index contributed by atoms with van der Waals surface area (Å²) >= 11 is 6.31. The van der Waals surface area contributed by atoms with Gasteiger partial charge in [0.25, 0.3) is 0 Å². The van der Waals surface area contributed by atoms with Crippen LogP contribution in [0.5, 0.6) is 0 Å². The number of amides is 2. The van der Waals surface area contributed by atoms with Crippen LogP contribution in [0.25, 0.3) is 0 Å². The van der Waals surface area contributed by atoms with E-state index in [9.17, 15) is 14.9 Å². The molecule has 2 amide bonds. The molecule has 3 aliphatic carbocycles. The first kappa shape index (κ1) is 18.4. The second-order valence-electron chi connectivity index (χ2n) is 8.52. The summed E-state index contributed by atoms with van der Waals surface area (Å²) in [5, 5.41) is 11.1. The highest BCUT2D eigenvalue weighted by molar-refractivity contribution is 6.32. The van der Waals surface area contributed by atoms with Crippen molar-refractivity contribution >= 4 is 29.1 Å². The van der Waals surface area contributed by atoms with Gasteiger partial charge in [-0.1, -0.05) is 66.2 Å². The molecule has 1 heterocycles. The number of hydrogen-bond acceptors (Lipinski definition) is 3. The second-order valence-corrected chi connectivity index (χ2v) is 8.93. The average molecular weight is 425 g/mol. The van der Waals surface area contributed by atoms with E-state index in [2.05, 4.69) is 6.07 Å². The Labute approximate surface area is 184 Å². The summed E-state index contributed by atoms with van der Waals surface area (Å²) in [7, 11) is 0. The van der Waals surface area contributed by atoms with Crippen molar-refractivity contribution in [2.45, 2.75) is 18.3 Å². The Morgan fingerprint density at radius 3 is 2.13 bits per heavy atom. The first-order valence-corrected chi connectivity index (χ1v) is 10.6. The van der Waals surface area contributed by atoms with Gasteiger partial charge in [-0.2, -0.15) is 5.26 Å². The van der Waals surface area contributed by atoms with Gasteiger partial charge in [-0.05, 0) is 46.9 Å². The maximum atomic E-state index is 13.8. The number of halogens is 1. The van der Waals surface area contributed by atoms with Gasteiger partial charge >= 0.3 is 0 Å². The smallest absolute Gasteiger partial charge is 0.240 e. The predicted molar refractivity (Wildman–Crippen MR) is 117 cm³/mol. The van der Waals surface area contributed by atoms with E-state index in [4.69, 9.17) is 11.6 Å². The molecule has 2 unspecified atom stereocenters. The summed E-state index contributed by atoms with van der Waals surface area (Å²) < 4.78 is 0. The number of nitrogens with zero attached hydrogens (tertiary/aromatic N) is 2. The van der Waals surface area contributed by atoms with Crippen LogP contribution in [0.2, 0.25) is 5.02 Å². The van der Waals surface area contributed by atoms with E-state index in [1.54, 1.807) is 18.2 Å². The van der Waals surface area contributed by atoms with Gasteiger partial charge in [0, 0.05) is 10.9 Å². The monoisotopic (exact) mass is 424 g/mol. The van der Waals surface area contributed by atoms with Gasteiger partial charge in [0.2, 0.25) is 11.8 Å². The van der Waals surface area contributed by atoms with Gasteiger partial charge in [-0.15, -0.1) is 0 Å². The summed E-state index contributed by atoms with van der Waals surface area (Å²) in [6, 6.07) is 23.2. The Hall–Kier alpha value is -3.42. The molecule has 150 valence electrons. The minimum atomic E-state index is -1.19. The van der Waals surface area contributed by atoms with Crippen LogP contribution in [0, 0.1) is 30.1 Å². The van der Waals surface area contributed by atoms with E-state index in [0.29, 0.717) is 10.7 Å². The zero-order chi connectivity index (χ0) is 21.5. The van der Waals surface area contributed by atoms with E-state index < -0.39 is 17.3 Å². The highest BCUT2D eigenvalue weighted by Gasteiger charge is 2.68. The number of rotatable bonds is 1. The van der Waals surface area contributed by atoms with Crippen molar-refractivity contribution < 1.29 is 9.59 Å². The number of benzene rings is 3. The Kier molecular flexibility index (Phi) is 3.59. The molecular formula is C26H17ClN2O2. The zero-order valence-corrected chi connectivity index (χ0v) is 17.4. The van der Waals surface area contributed by atoms with Crippen molar-refractivity contribution in [3.8, 4) is 6.07 Å². The zero-order valence-electron chi connectivity index (χ0n) is 16.7. The summed E-state index contributed by atoms with van der Waals surface area (Å²) in [4.78, 5) is 28.8. The molecule has 0 radical (unpaired) electrons. The van der Waals surface area contributed by atoms with Gasteiger partial charge in [0.1, 0.15) is 5.41 Å². The fourth-order valence-electron chi connectivity index (χ4n) is 5.94. The third kappa shape index (κ3) is 2.05. The highest BCUT2D eigenvalue weighted by atomic mass is 35.5. The summed E-state index contributed by atoms with van der Waals surface area (Å²) in [6.07, 6.45) is 0. The van der Waals surface area contributed by atoms with Crippen LogP contribution in [-0.2, 0) is 15.0 Å². The number of aryl methyl sites for hydroxylation is 1. The minimum Gasteiger partial charge on any atom is -0.274 e. The summed E-state index contributed by atoms with van der Waals surface area (Å²) in [6.45, 7) is 1.87. The van der Waals surface area contributed by atoms with Crippen molar-refractivity contribution in [1.82, 2.24) is 0 Å². The molecule has 3 aromatic rings. The molecule has 2 bridgehead atoms. The maximum absolute atomic E-state index is 13.8. The largest absolute Gasteiger partial charge is 0.274 e. The normalized spacial score (nSPS) is 27.5. The Morgan fingerprint density at radius 2 is 1.55 bits per heavy atom. The maximum Gasteiger partial charge on any atom is 0.240 e. The lowest BCUT2D eigenvalue weighted by Gasteiger charge is -2.50. The van der Waals surface area contributed by atoms with Crippen molar-refractivity contribution in [2.24, 2.45) is 11.8 Å². The minimum absolute atomic E-state index is 0.255. The van der Waals surface area contributed by atoms with Gasteiger partial charge < -0.3 is 0 Å². The fourth-order valence-corrected chi connectivity index (χ4v) is 6.11. The standard InChI is InChI=1S/C26H17ClN2O2/c1-14-10-11-15(12-20(14)27)29-24(30)22-21-16-6-2-4-8-18(16)26(13-28,23(22)25(29)31)19-9-5-3-7-17(19)21/h2-12,21-23H,1H3. The first-order chi connectivity index (χ1) is 15.0. The topological polar surface area (TPSA) is 61.2 Å². The van der Waals surface area contributed by atoms with E-state index in [-0.39, 0.29) is 17.7 Å². The number of imide groups is 1. The van der Waals surface area contributed by atoms with Gasteiger partial charge in [-0.3, -0.25) is 9.59 Å². The number of nitriles is 1. The molecule has 4 nitrogen and oxygen atoms in total. The molecule has 3 aromatic carbocycles. The fraction of sp³-hybridized carbons (Fsp3) is 0.192. The molecular weight excluding hydrogens is 408 g/mol. The average Bonchev–Trinajstić information content (AvgIpc) is 3.07. The van der Waals surface area contributed by atoms with Crippen LogP contribution >= 0.6 is 11.6 Å². The molecule has 0 spiro atoms. The molecule has 1 fully saturated rings. The molecule has 31 heavy (non-hydrogen) atoms. The third-order valence-corrected chi connectivity index (χ3v) is 7.62. The van der Waals surface area contributed by atoms with Crippen molar-refractivity contribution in [3.05, 3.63) is 99.6 Å². The first-order valence-electron chi connectivity index (χ1n) is 10.2. The second kappa shape index (κ2) is 6.06. The highest BCUT2D eigenvalue weighted by Crippen LogP contribution is 2.64. The Bertz CT molecular complexity index is 1310. The van der Waals surface area contributed by atoms with E-state index in [1.165, 1.54) is 4.90 Å². The molecule has 1 saturated heterocycles. The molecule has 4 aliphatic rings. The van der Waals surface area contributed by atoms with Crippen LogP contribution in [0.3, 0.4) is 0 Å². The molecule has 0 saturated carbocycles. The molecule has 5 heteroatoms. The molecule has 7 rings (SSSR count). The van der Waals surface area contributed by atoms with E-state index >= 15 is 0 Å². The Morgan fingerprint density at radius 1 is 0.935 bits per heavy atom. The summed E-state index contributed by atoms with van der Waals surface area (Å²) in [5.74, 6) is -2.22. The van der Waals surface area contributed by atoms with Crippen molar-refractivity contribution in [1.29, 1.82) is 5.26 Å². The number of anilines is 1. The van der Waals surface area contributed by atoms with Crippen LogP contribution < -0.4 is 4.90 Å². The molecule has 0 aromatic heterocycles. The molecule has 2 atom stereocenters. The molecule has 1 aliphatic heterocycles. The number of carbonyl (C=O) groups is 2. The predicted octanol–water partition coefficient (Wildman–Crippen LogP) is 4.72. The van der Waals surface area contributed by atoms with Crippen molar-refractivity contribution in [3.63, 3.8) is 0 Å². The van der Waals surface area contributed by atoms with Gasteiger partial charge in [-0.25, -0.2) is 4.90 Å². The van der Waals surface area contributed by atoms with Crippen LogP contribution in [-0.4, -0.2) is 11.8 Å². The molecule has 0 N–H and O–H groups in total. The van der Waals surface area contributed by atoms with E-state index in [1.807, 2.05) is 55.5 Å². The lowest BCUT2D eigenvalue weighted by atomic mass is 9.48. The van der Waals surface area contributed by atoms with Crippen molar-refractivity contribution in [2.75, 3.05) is 4.90 Å². The van der Waals surface area contributed by atoms with Crippen LogP contribution in [0.1, 0.15) is 33.7 Å².